The molecule has 1 fully saturated rings. The van der Waals surface area contributed by atoms with Crippen LogP contribution in [-0.2, 0) is 6.61 Å². The molecule has 0 aliphatic heterocycles. The molecule has 0 aromatic carbocycles. The predicted octanol–water partition coefficient (Wildman–Crippen LogP) is 1.80. The zero-order valence-corrected chi connectivity index (χ0v) is 12.5. The van der Waals surface area contributed by atoms with Crippen LogP contribution in [0.25, 0.3) is 0 Å². The Kier molecular flexibility index (Phi) is 4.11. The highest BCUT2D eigenvalue weighted by Gasteiger charge is 2.40. The van der Waals surface area contributed by atoms with Crippen molar-refractivity contribution in [2.45, 2.75) is 38.3 Å². The van der Waals surface area contributed by atoms with Crippen molar-refractivity contribution in [2.24, 2.45) is 0 Å². The Morgan fingerprint density at radius 1 is 1.26 bits per heavy atom. The molecule has 0 amide bonds. The number of aromatic nitrogens is 1. The summed E-state index contributed by atoms with van der Waals surface area (Å²) in [6.07, 6.45) is 3.85. The highest BCUT2D eigenvalue weighted by molar-refractivity contribution is 5.41. The zero-order valence-electron chi connectivity index (χ0n) is 12.5. The fraction of sp³-hybridized carbons (Fsp3) is 0.667. The second kappa shape index (κ2) is 5.47. The fourth-order valence-electron chi connectivity index (χ4n) is 2.81. The molecule has 1 aliphatic rings. The average Bonchev–Trinajstić information content (AvgIpc) is 2.32. The fourth-order valence-corrected chi connectivity index (χ4v) is 2.81. The van der Waals surface area contributed by atoms with Crippen LogP contribution in [0.1, 0.15) is 30.5 Å². The van der Waals surface area contributed by atoms with Crippen LogP contribution in [0.15, 0.2) is 12.1 Å². The molecule has 0 radical (unpaired) electrons. The van der Waals surface area contributed by atoms with Crippen LogP contribution in [-0.4, -0.2) is 48.2 Å². The summed E-state index contributed by atoms with van der Waals surface area (Å²) in [6.45, 7) is 3.02. The molecule has 1 saturated carbocycles. The van der Waals surface area contributed by atoms with E-state index in [2.05, 4.69) is 35.9 Å². The maximum absolute atomic E-state index is 9.19. The van der Waals surface area contributed by atoms with Gasteiger partial charge in [-0.25, -0.2) is 4.98 Å². The number of aryl methyl sites for hydroxylation is 1. The van der Waals surface area contributed by atoms with E-state index in [9.17, 15) is 5.11 Å². The van der Waals surface area contributed by atoms with Gasteiger partial charge in [0.15, 0.2) is 0 Å². The Balaban J connectivity index is 2.11. The molecule has 2 rings (SSSR count). The van der Waals surface area contributed by atoms with Gasteiger partial charge in [0.2, 0.25) is 0 Å². The van der Waals surface area contributed by atoms with Crippen molar-refractivity contribution in [3.05, 3.63) is 23.4 Å². The predicted molar refractivity (Wildman–Crippen MR) is 78.4 cm³/mol. The van der Waals surface area contributed by atoms with E-state index in [-0.39, 0.29) is 6.61 Å². The van der Waals surface area contributed by atoms with Crippen molar-refractivity contribution in [1.29, 1.82) is 0 Å². The van der Waals surface area contributed by atoms with E-state index in [0.29, 0.717) is 5.54 Å². The van der Waals surface area contributed by atoms with Gasteiger partial charge in [-0.05, 0) is 51.9 Å². The van der Waals surface area contributed by atoms with Gasteiger partial charge < -0.3 is 14.9 Å². The number of hydrogen-bond acceptors (Lipinski definition) is 4. The third-order valence-corrected chi connectivity index (χ3v) is 4.51. The lowest BCUT2D eigenvalue weighted by atomic mass is 9.75. The van der Waals surface area contributed by atoms with Gasteiger partial charge >= 0.3 is 0 Å². The Bertz CT molecular complexity index is 441. The van der Waals surface area contributed by atoms with Gasteiger partial charge in [-0.1, -0.05) is 6.07 Å². The van der Waals surface area contributed by atoms with E-state index >= 15 is 0 Å². The normalized spacial score (nSPS) is 17.4. The molecule has 106 valence electrons. The number of nitrogens with zero attached hydrogens (tertiary/aromatic N) is 3. The van der Waals surface area contributed by atoms with Crippen LogP contribution in [0.5, 0.6) is 0 Å². The van der Waals surface area contributed by atoms with Crippen LogP contribution in [0.2, 0.25) is 0 Å². The van der Waals surface area contributed by atoms with Gasteiger partial charge in [-0.3, -0.25) is 0 Å². The summed E-state index contributed by atoms with van der Waals surface area (Å²) in [5.74, 6) is 0.989. The van der Waals surface area contributed by atoms with Crippen molar-refractivity contribution in [1.82, 2.24) is 9.88 Å². The number of aliphatic hydroxyl groups excluding tert-OH is 1. The van der Waals surface area contributed by atoms with E-state index in [1.165, 1.54) is 19.3 Å². The Hall–Kier alpha value is -1.13. The number of rotatable bonds is 5. The molecule has 4 heteroatoms. The molecule has 1 heterocycles. The van der Waals surface area contributed by atoms with Gasteiger partial charge in [0, 0.05) is 24.8 Å². The molecule has 1 aromatic rings. The van der Waals surface area contributed by atoms with Crippen LogP contribution < -0.4 is 4.90 Å². The maximum Gasteiger partial charge on any atom is 0.128 e. The third-order valence-electron chi connectivity index (χ3n) is 4.51. The first-order chi connectivity index (χ1) is 8.98. The molecule has 19 heavy (non-hydrogen) atoms. The average molecular weight is 263 g/mol. The largest absolute Gasteiger partial charge is 0.392 e. The monoisotopic (exact) mass is 263 g/mol. The van der Waals surface area contributed by atoms with Crippen LogP contribution in [0.4, 0.5) is 5.82 Å². The van der Waals surface area contributed by atoms with Crippen LogP contribution >= 0.6 is 0 Å². The lowest BCUT2D eigenvalue weighted by molar-refractivity contribution is 0.0682. The SMILES string of the molecule is Cc1nc(N(C)CC2(N(C)C)CCC2)ccc1CO. The lowest BCUT2D eigenvalue weighted by Gasteiger charge is -2.49. The summed E-state index contributed by atoms with van der Waals surface area (Å²) in [5.41, 5.74) is 2.13. The molecule has 0 atom stereocenters. The van der Waals surface area contributed by atoms with Gasteiger partial charge in [0.25, 0.3) is 0 Å². The number of pyridine rings is 1. The van der Waals surface area contributed by atoms with Gasteiger partial charge in [0.05, 0.1) is 6.61 Å². The number of anilines is 1. The first kappa shape index (κ1) is 14.3. The summed E-state index contributed by atoms with van der Waals surface area (Å²) < 4.78 is 0. The summed E-state index contributed by atoms with van der Waals surface area (Å²) in [6, 6.07) is 3.97. The molecular formula is C15H25N3O. The standard InChI is InChI=1S/C15H25N3O/c1-12-13(10-19)6-7-14(16-12)18(4)11-15(17(2)3)8-5-9-15/h6-7,19H,5,8-11H2,1-4H3. The molecule has 0 unspecified atom stereocenters. The van der Waals surface area contributed by atoms with E-state index in [0.717, 1.165) is 23.6 Å². The minimum Gasteiger partial charge on any atom is -0.392 e. The highest BCUT2D eigenvalue weighted by atomic mass is 16.3. The number of hydrogen-bond donors (Lipinski definition) is 1. The highest BCUT2D eigenvalue weighted by Crippen LogP contribution is 2.37. The first-order valence-electron chi connectivity index (χ1n) is 6.94. The molecule has 0 bridgehead atoms. The first-order valence-corrected chi connectivity index (χ1v) is 6.94. The number of aliphatic hydroxyl groups is 1. The Morgan fingerprint density at radius 3 is 2.37 bits per heavy atom. The maximum atomic E-state index is 9.19. The van der Waals surface area contributed by atoms with Crippen molar-refractivity contribution in [3.8, 4) is 0 Å². The van der Waals surface area contributed by atoms with E-state index in [1.54, 1.807) is 0 Å². The van der Waals surface area contributed by atoms with Crippen LogP contribution in [0, 0.1) is 6.92 Å². The topological polar surface area (TPSA) is 39.6 Å². The molecule has 0 saturated heterocycles. The summed E-state index contributed by atoms with van der Waals surface area (Å²) in [4.78, 5) is 9.17. The van der Waals surface area contributed by atoms with Crippen LogP contribution in [0.3, 0.4) is 0 Å². The Morgan fingerprint density at radius 2 is 1.95 bits per heavy atom. The van der Waals surface area contributed by atoms with E-state index < -0.39 is 0 Å². The van der Waals surface area contributed by atoms with Gasteiger partial charge in [0.1, 0.15) is 5.82 Å². The molecule has 4 nitrogen and oxygen atoms in total. The molecule has 1 aliphatic carbocycles. The summed E-state index contributed by atoms with van der Waals surface area (Å²) in [7, 11) is 6.44. The zero-order chi connectivity index (χ0) is 14.0. The van der Waals surface area contributed by atoms with Crippen molar-refractivity contribution >= 4 is 5.82 Å². The number of likely N-dealkylation sites (N-methyl/N-ethyl adjacent to an activating group) is 2. The second-order valence-electron chi connectivity index (χ2n) is 5.90. The third kappa shape index (κ3) is 2.74. The minimum atomic E-state index is 0.0600. The Labute approximate surface area is 116 Å². The second-order valence-corrected chi connectivity index (χ2v) is 5.90. The van der Waals surface area contributed by atoms with Crippen molar-refractivity contribution < 1.29 is 5.11 Å². The quantitative estimate of drug-likeness (QED) is 0.879. The van der Waals surface area contributed by atoms with Crippen molar-refractivity contribution in [3.63, 3.8) is 0 Å². The molecular weight excluding hydrogens is 238 g/mol. The van der Waals surface area contributed by atoms with E-state index in [4.69, 9.17) is 0 Å². The minimum absolute atomic E-state index is 0.0600. The lowest BCUT2D eigenvalue weighted by Crippen LogP contribution is -2.56. The molecule has 0 spiro atoms. The molecule has 1 N–H and O–H groups in total. The summed E-state index contributed by atoms with van der Waals surface area (Å²) in [5, 5.41) is 9.19. The van der Waals surface area contributed by atoms with E-state index in [1.807, 2.05) is 19.1 Å². The van der Waals surface area contributed by atoms with Crippen molar-refractivity contribution in [2.75, 3.05) is 32.6 Å². The smallest absolute Gasteiger partial charge is 0.128 e. The molecule has 1 aromatic heterocycles. The van der Waals surface area contributed by atoms with Gasteiger partial charge in [-0.15, -0.1) is 0 Å². The summed E-state index contributed by atoms with van der Waals surface area (Å²) >= 11 is 0. The van der Waals surface area contributed by atoms with Gasteiger partial charge in [-0.2, -0.15) is 0 Å².